The van der Waals surface area contributed by atoms with Gasteiger partial charge >= 0.3 is 6.18 Å². The van der Waals surface area contributed by atoms with Crippen LogP contribution in [0.15, 0.2) is 0 Å². The SMILES string of the molecule is CN(C)C(=S)NC1COC(C(O)C(F)(F)F)C(O)C1O. The van der Waals surface area contributed by atoms with Crippen molar-refractivity contribution in [3.63, 3.8) is 0 Å². The molecule has 4 N–H and O–H groups in total. The lowest BCUT2D eigenvalue weighted by molar-refractivity contribution is -0.269. The van der Waals surface area contributed by atoms with Gasteiger partial charge in [0.2, 0.25) is 0 Å². The average Bonchev–Trinajstić information content (AvgIpc) is 2.33. The van der Waals surface area contributed by atoms with Gasteiger partial charge in [-0.1, -0.05) is 0 Å². The van der Waals surface area contributed by atoms with Crippen molar-refractivity contribution in [1.82, 2.24) is 10.2 Å². The molecule has 5 unspecified atom stereocenters. The maximum absolute atomic E-state index is 12.4. The van der Waals surface area contributed by atoms with E-state index in [1.54, 1.807) is 14.1 Å². The predicted molar refractivity (Wildman–Crippen MR) is 67.0 cm³/mol. The topological polar surface area (TPSA) is 85.2 Å². The van der Waals surface area contributed by atoms with Crippen molar-refractivity contribution in [3.8, 4) is 0 Å². The van der Waals surface area contributed by atoms with E-state index in [4.69, 9.17) is 22.1 Å². The molecule has 118 valence electrons. The number of nitrogens with one attached hydrogen (secondary N) is 1. The van der Waals surface area contributed by atoms with E-state index in [1.165, 1.54) is 4.90 Å². The number of aliphatic hydroxyl groups excluding tert-OH is 3. The van der Waals surface area contributed by atoms with Crippen LogP contribution in [0.1, 0.15) is 0 Å². The maximum Gasteiger partial charge on any atom is 0.417 e. The summed E-state index contributed by atoms with van der Waals surface area (Å²) in [6.07, 6.45) is -13.2. The van der Waals surface area contributed by atoms with Crippen LogP contribution >= 0.6 is 12.2 Å². The van der Waals surface area contributed by atoms with Gasteiger partial charge in [0.1, 0.15) is 18.3 Å². The normalized spacial score (nSPS) is 32.6. The van der Waals surface area contributed by atoms with Crippen molar-refractivity contribution in [3.05, 3.63) is 0 Å². The van der Waals surface area contributed by atoms with Crippen LogP contribution in [0.4, 0.5) is 13.2 Å². The van der Waals surface area contributed by atoms with E-state index >= 15 is 0 Å². The fourth-order valence-electron chi connectivity index (χ4n) is 1.72. The summed E-state index contributed by atoms with van der Waals surface area (Å²) in [6.45, 7) is -0.329. The lowest BCUT2D eigenvalue weighted by Gasteiger charge is -2.40. The van der Waals surface area contributed by atoms with E-state index in [0.717, 1.165) is 0 Å². The molecule has 0 aromatic heterocycles. The number of halogens is 3. The highest BCUT2D eigenvalue weighted by Crippen LogP contribution is 2.28. The molecular formula is C10H17F3N2O4S. The first-order valence-corrected chi connectivity index (χ1v) is 6.17. The maximum atomic E-state index is 12.4. The summed E-state index contributed by atoms with van der Waals surface area (Å²) in [7, 11) is 3.27. The summed E-state index contributed by atoms with van der Waals surface area (Å²) in [5.41, 5.74) is 0. The van der Waals surface area contributed by atoms with Crippen LogP contribution < -0.4 is 5.32 Å². The van der Waals surface area contributed by atoms with Crippen molar-refractivity contribution >= 4 is 17.3 Å². The van der Waals surface area contributed by atoms with Gasteiger partial charge in [0.15, 0.2) is 11.2 Å². The molecule has 0 aliphatic carbocycles. The van der Waals surface area contributed by atoms with Gasteiger partial charge in [-0.15, -0.1) is 0 Å². The van der Waals surface area contributed by atoms with Crippen molar-refractivity contribution < 1.29 is 33.2 Å². The standard InChI is InChI=1S/C10H17F3N2O4S/c1-15(2)9(20)14-4-3-19-7(6(17)5(4)16)8(18)10(11,12)13/h4-8,16-18H,3H2,1-2H3,(H,14,20). The third-order valence-electron chi connectivity index (χ3n) is 2.93. The van der Waals surface area contributed by atoms with E-state index in [-0.39, 0.29) is 11.7 Å². The van der Waals surface area contributed by atoms with Gasteiger partial charge in [-0.3, -0.25) is 0 Å². The van der Waals surface area contributed by atoms with Crippen LogP contribution in [-0.4, -0.2) is 82.7 Å². The lowest BCUT2D eigenvalue weighted by atomic mass is 9.94. The minimum atomic E-state index is -4.94. The Labute approximate surface area is 119 Å². The summed E-state index contributed by atoms with van der Waals surface area (Å²) >= 11 is 4.93. The zero-order chi connectivity index (χ0) is 15.7. The van der Waals surface area contributed by atoms with Gasteiger partial charge < -0.3 is 30.3 Å². The van der Waals surface area contributed by atoms with Crippen LogP contribution in [0.2, 0.25) is 0 Å². The molecule has 1 saturated heterocycles. The molecule has 1 rings (SSSR count). The summed E-state index contributed by atoms with van der Waals surface area (Å²) in [6, 6.07) is -0.864. The third-order valence-corrected chi connectivity index (χ3v) is 3.41. The van der Waals surface area contributed by atoms with E-state index in [0.29, 0.717) is 0 Å². The number of aliphatic hydroxyl groups is 3. The molecule has 1 heterocycles. The van der Waals surface area contributed by atoms with Crippen molar-refractivity contribution in [2.75, 3.05) is 20.7 Å². The average molecular weight is 318 g/mol. The van der Waals surface area contributed by atoms with Crippen LogP contribution in [-0.2, 0) is 4.74 Å². The molecule has 0 saturated carbocycles. The first-order valence-electron chi connectivity index (χ1n) is 5.76. The van der Waals surface area contributed by atoms with Crippen LogP contribution in [0.3, 0.4) is 0 Å². The summed E-state index contributed by atoms with van der Waals surface area (Å²) in [5, 5.41) is 31.4. The highest BCUT2D eigenvalue weighted by atomic mass is 32.1. The predicted octanol–water partition coefficient (Wildman–Crippen LogP) is -1.17. The molecule has 5 atom stereocenters. The molecule has 20 heavy (non-hydrogen) atoms. The molecule has 10 heteroatoms. The van der Waals surface area contributed by atoms with Gasteiger partial charge in [-0.25, -0.2) is 0 Å². The number of rotatable bonds is 2. The molecule has 0 bridgehead atoms. The Hall–Kier alpha value is -0.680. The van der Waals surface area contributed by atoms with Gasteiger partial charge in [-0.05, 0) is 12.2 Å². The molecule has 0 radical (unpaired) electrons. The van der Waals surface area contributed by atoms with Gasteiger partial charge in [0.25, 0.3) is 0 Å². The minimum absolute atomic E-state index is 0.236. The monoisotopic (exact) mass is 318 g/mol. The van der Waals surface area contributed by atoms with Gasteiger partial charge in [0, 0.05) is 14.1 Å². The Morgan fingerprint density at radius 3 is 2.35 bits per heavy atom. The van der Waals surface area contributed by atoms with Gasteiger partial charge in [-0.2, -0.15) is 13.2 Å². The van der Waals surface area contributed by atoms with E-state index < -0.39 is 36.6 Å². The number of hydrogen-bond acceptors (Lipinski definition) is 5. The summed E-state index contributed by atoms with van der Waals surface area (Å²) in [5.74, 6) is 0. The molecule has 0 spiro atoms. The molecule has 1 aliphatic heterocycles. The highest BCUT2D eigenvalue weighted by molar-refractivity contribution is 7.80. The Morgan fingerprint density at radius 1 is 1.35 bits per heavy atom. The molecule has 0 aromatic rings. The largest absolute Gasteiger partial charge is 0.417 e. The minimum Gasteiger partial charge on any atom is -0.388 e. The quantitative estimate of drug-likeness (QED) is 0.478. The second-order valence-corrected chi connectivity index (χ2v) is 5.10. The first kappa shape index (κ1) is 17.4. The number of ether oxygens (including phenoxy) is 1. The Morgan fingerprint density at radius 2 is 1.90 bits per heavy atom. The second kappa shape index (κ2) is 6.39. The summed E-state index contributed by atoms with van der Waals surface area (Å²) in [4.78, 5) is 1.52. The number of alkyl halides is 3. The second-order valence-electron chi connectivity index (χ2n) is 4.72. The van der Waals surface area contributed by atoms with Crippen molar-refractivity contribution in [2.45, 2.75) is 36.6 Å². The third kappa shape index (κ3) is 3.92. The number of thiocarbonyl (C=S) groups is 1. The Balaban J connectivity index is 2.70. The molecular weight excluding hydrogens is 301 g/mol. The smallest absolute Gasteiger partial charge is 0.388 e. The number of hydrogen-bond donors (Lipinski definition) is 4. The molecule has 1 fully saturated rings. The number of nitrogens with zero attached hydrogens (tertiary/aromatic N) is 1. The highest BCUT2D eigenvalue weighted by Gasteiger charge is 2.51. The summed E-state index contributed by atoms with van der Waals surface area (Å²) < 4.78 is 42.0. The van der Waals surface area contributed by atoms with Crippen molar-refractivity contribution in [1.29, 1.82) is 0 Å². The molecule has 6 nitrogen and oxygen atoms in total. The molecule has 0 amide bonds. The zero-order valence-corrected chi connectivity index (χ0v) is 11.6. The zero-order valence-electron chi connectivity index (χ0n) is 10.8. The first-order chi connectivity index (χ1) is 9.05. The van der Waals surface area contributed by atoms with Crippen LogP contribution in [0, 0.1) is 0 Å². The Kier molecular flexibility index (Phi) is 5.55. The molecule has 0 aromatic carbocycles. The van der Waals surface area contributed by atoms with E-state index in [1.807, 2.05) is 0 Å². The van der Waals surface area contributed by atoms with E-state index in [2.05, 4.69) is 5.32 Å². The van der Waals surface area contributed by atoms with Crippen molar-refractivity contribution in [2.24, 2.45) is 0 Å². The molecule has 1 aliphatic rings. The lowest BCUT2D eigenvalue weighted by Crippen LogP contribution is -2.64. The van der Waals surface area contributed by atoms with Crippen LogP contribution in [0.25, 0.3) is 0 Å². The van der Waals surface area contributed by atoms with E-state index in [9.17, 15) is 23.4 Å². The van der Waals surface area contributed by atoms with Gasteiger partial charge in [0.05, 0.1) is 12.6 Å². The fraction of sp³-hybridized carbons (Fsp3) is 0.900. The van der Waals surface area contributed by atoms with Crippen LogP contribution in [0.5, 0.6) is 0 Å². The Bertz CT molecular complexity index is 356. The fourth-order valence-corrected chi connectivity index (χ4v) is 1.87.